The molecule has 6 rings (SSSR count). The summed E-state index contributed by atoms with van der Waals surface area (Å²) in [6.07, 6.45) is 6.12. The van der Waals surface area contributed by atoms with Crippen LogP contribution in [-0.2, 0) is 13.0 Å². The van der Waals surface area contributed by atoms with E-state index >= 15 is 0 Å². The van der Waals surface area contributed by atoms with E-state index in [1.165, 1.54) is 22.3 Å². The second kappa shape index (κ2) is 7.23. The van der Waals surface area contributed by atoms with Crippen LogP contribution in [0.2, 0.25) is 0 Å². The quantitative estimate of drug-likeness (QED) is 0.435. The Balaban J connectivity index is 1.41. The minimum absolute atomic E-state index is 0.179. The van der Waals surface area contributed by atoms with Crippen molar-refractivity contribution in [2.75, 3.05) is 11.4 Å². The van der Waals surface area contributed by atoms with Gasteiger partial charge in [0, 0.05) is 60.8 Å². The molecule has 7 nitrogen and oxygen atoms in total. The third-order valence-electron chi connectivity index (χ3n) is 6.04. The second-order valence-electron chi connectivity index (χ2n) is 8.08. The maximum absolute atomic E-state index is 12.3. The van der Waals surface area contributed by atoms with E-state index in [1.807, 2.05) is 43.6 Å². The predicted molar refractivity (Wildman–Crippen MR) is 124 cm³/mol. The lowest BCUT2D eigenvalue weighted by atomic mass is 9.97. The standard InChI is InChI=1S/C25H20N6O/c1-16-12-23-27-10-7-24(32)31(23)29-25(16)30-11-8-21-18(15-30)13-17(14-28-21)19-4-2-6-22-20(19)5-3-9-26-22/h2-7,9-10,12-14H,8,11,15H2,1H3. The number of aryl methyl sites for hydroxylation is 1. The van der Waals surface area contributed by atoms with Gasteiger partial charge in [-0.25, -0.2) is 4.98 Å². The van der Waals surface area contributed by atoms with Crippen molar-refractivity contribution in [1.82, 2.24) is 24.6 Å². The van der Waals surface area contributed by atoms with Gasteiger partial charge in [0.25, 0.3) is 5.56 Å². The molecule has 0 saturated heterocycles. The molecule has 0 bridgehead atoms. The van der Waals surface area contributed by atoms with Gasteiger partial charge in [0.05, 0.1) is 5.52 Å². The molecule has 5 aromatic rings. The van der Waals surface area contributed by atoms with Gasteiger partial charge >= 0.3 is 0 Å². The van der Waals surface area contributed by atoms with Gasteiger partial charge in [-0.2, -0.15) is 4.52 Å². The second-order valence-corrected chi connectivity index (χ2v) is 8.08. The average molecular weight is 420 g/mol. The van der Waals surface area contributed by atoms with E-state index in [9.17, 15) is 4.79 Å². The number of benzene rings is 1. The van der Waals surface area contributed by atoms with Gasteiger partial charge in [-0.1, -0.05) is 18.2 Å². The van der Waals surface area contributed by atoms with Crippen LogP contribution in [0.5, 0.6) is 0 Å². The Morgan fingerprint density at radius 1 is 0.969 bits per heavy atom. The Morgan fingerprint density at radius 2 is 1.91 bits per heavy atom. The van der Waals surface area contributed by atoms with E-state index in [0.29, 0.717) is 12.2 Å². The molecule has 1 aromatic carbocycles. The largest absolute Gasteiger partial charge is 0.350 e. The lowest BCUT2D eigenvalue weighted by Gasteiger charge is -2.30. The van der Waals surface area contributed by atoms with Crippen LogP contribution in [0.4, 0.5) is 5.82 Å². The fourth-order valence-electron chi connectivity index (χ4n) is 4.47. The van der Waals surface area contributed by atoms with Gasteiger partial charge in [-0.3, -0.25) is 14.8 Å². The molecule has 0 unspecified atom stereocenters. The van der Waals surface area contributed by atoms with Crippen molar-refractivity contribution in [2.24, 2.45) is 0 Å². The number of rotatable bonds is 2. The van der Waals surface area contributed by atoms with Crippen LogP contribution in [0, 0.1) is 6.92 Å². The van der Waals surface area contributed by atoms with Gasteiger partial charge < -0.3 is 4.90 Å². The Hall–Kier alpha value is -4.13. The van der Waals surface area contributed by atoms with Gasteiger partial charge in [-0.05, 0) is 47.9 Å². The van der Waals surface area contributed by atoms with Crippen LogP contribution < -0.4 is 10.5 Å². The summed E-state index contributed by atoms with van der Waals surface area (Å²) in [6, 6.07) is 15.8. The fourth-order valence-corrected chi connectivity index (χ4v) is 4.47. The van der Waals surface area contributed by atoms with E-state index < -0.39 is 0 Å². The van der Waals surface area contributed by atoms with Gasteiger partial charge in [0.15, 0.2) is 11.5 Å². The number of hydrogen-bond donors (Lipinski definition) is 0. The maximum Gasteiger partial charge on any atom is 0.274 e. The third-order valence-corrected chi connectivity index (χ3v) is 6.04. The third kappa shape index (κ3) is 3.01. The smallest absolute Gasteiger partial charge is 0.274 e. The molecule has 1 aliphatic rings. The zero-order valence-electron chi connectivity index (χ0n) is 17.6. The lowest BCUT2D eigenvalue weighted by molar-refractivity contribution is 0.686. The van der Waals surface area contributed by atoms with Crippen LogP contribution in [-0.4, -0.2) is 31.1 Å². The molecular formula is C25H20N6O. The number of pyridine rings is 2. The maximum atomic E-state index is 12.3. The van der Waals surface area contributed by atoms with Crippen LogP contribution in [0.1, 0.15) is 16.8 Å². The Bertz CT molecular complexity index is 1550. The Morgan fingerprint density at radius 3 is 2.84 bits per heavy atom. The molecule has 32 heavy (non-hydrogen) atoms. The van der Waals surface area contributed by atoms with E-state index in [2.05, 4.69) is 38.2 Å². The molecule has 0 atom stereocenters. The molecule has 1 aliphatic heterocycles. The molecule has 0 radical (unpaired) electrons. The van der Waals surface area contributed by atoms with E-state index in [4.69, 9.17) is 4.98 Å². The highest BCUT2D eigenvalue weighted by Crippen LogP contribution is 2.31. The molecule has 0 fully saturated rings. The first-order valence-electron chi connectivity index (χ1n) is 10.6. The highest BCUT2D eigenvalue weighted by Gasteiger charge is 2.22. The van der Waals surface area contributed by atoms with Crippen molar-refractivity contribution in [3.05, 3.63) is 94.3 Å². The monoisotopic (exact) mass is 420 g/mol. The van der Waals surface area contributed by atoms with Crippen LogP contribution in [0.25, 0.3) is 27.7 Å². The number of anilines is 1. The van der Waals surface area contributed by atoms with Crippen LogP contribution >= 0.6 is 0 Å². The number of fused-ring (bicyclic) bond motifs is 3. The molecule has 156 valence electrons. The summed E-state index contributed by atoms with van der Waals surface area (Å²) in [5.41, 5.74) is 6.84. The van der Waals surface area contributed by atoms with Crippen molar-refractivity contribution in [2.45, 2.75) is 19.9 Å². The first-order chi connectivity index (χ1) is 15.7. The molecule has 0 N–H and O–H groups in total. The summed E-state index contributed by atoms with van der Waals surface area (Å²) in [7, 11) is 0. The Kier molecular flexibility index (Phi) is 4.21. The van der Waals surface area contributed by atoms with Crippen molar-refractivity contribution in [3.8, 4) is 11.1 Å². The number of aromatic nitrogens is 5. The zero-order chi connectivity index (χ0) is 21.7. The van der Waals surface area contributed by atoms with Crippen LogP contribution in [0.15, 0.2) is 71.9 Å². The van der Waals surface area contributed by atoms with Gasteiger partial charge in [0.1, 0.15) is 0 Å². The SMILES string of the molecule is Cc1cc2nccc(=O)n2nc1N1CCc2ncc(-c3cccc4ncccc34)cc2C1. The topological polar surface area (TPSA) is 76.3 Å². The van der Waals surface area contributed by atoms with E-state index in [1.54, 1.807) is 0 Å². The Labute approximate surface area is 184 Å². The fraction of sp³-hybridized carbons (Fsp3) is 0.160. The summed E-state index contributed by atoms with van der Waals surface area (Å²) in [5.74, 6) is 0.804. The van der Waals surface area contributed by atoms with Gasteiger partial charge in [0.2, 0.25) is 0 Å². The molecule has 4 aromatic heterocycles. The van der Waals surface area contributed by atoms with E-state index in [-0.39, 0.29) is 5.56 Å². The number of nitrogens with zero attached hydrogens (tertiary/aromatic N) is 6. The first kappa shape index (κ1) is 18.6. The summed E-state index contributed by atoms with van der Waals surface area (Å²) < 4.78 is 1.37. The lowest BCUT2D eigenvalue weighted by Crippen LogP contribution is -2.33. The summed E-state index contributed by atoms with van der Waals surface area (Å²) >= 11 is 0. The molecule has 5 heterocycles. The van der Waals surface area contributed by atoms with Gasteiger partial charge in [-0.15, -0.1) is 5.10 Å². The summed E-state index contributed by atoms with van der Waals surface area (Å²) in [6.45, 7) is 3.49. The summed E-state index contributed by atoms with van der Waals surface area (Å²) in [4.78, 5) is 28.0. The minimum Gasteiger partial charge on any atom is -0.350 e. The van der Waals surface area contributed by atoms with Crippen molar-refractivity contribution >= 4 is 22.4 Å². The number of hydrogen-bond acceptors (Lipinski definition) is 6. The van der Waals surface area contributed by atoms with Crippen LogP contribution in [0.3, 0.4) is 0 Å². The minimum atomic E-state index is -0.179. The normalized spacial score (nSPS) is 13.5. The first-order valence-corrected chi connectivity index (χ1v) is 10.6. The highest BCUT2D eigenvalue weighted by molar-refractivity contribution is 5.94. The molecule has 0 spiro atoms. The molecule has 0 amide bonds. The average Bonchev–Trinajstić information content (AvgIpc) is 2.83. The van der Waals surface area contributed by atoms with E-state index in [0.717, 1.165) is 52.1 Å². The predicted octanol–water partition coefficient (Wildman–Crippen LogP) is 3.57. The van der Waals surface area contributed by atoms with Crippen molar-refractivity contribution in [1.29, 1.82) is 0 Å². The highest BCUT2D eigenvalue weighted by atomic mass is 16.1. The molecule has 0 aliphatic carbocycles. The zero-order valence-corrected chi connectivity index (χ0v) is 17.6. The molecular weight excluding hydrogens is 400 g/mol. The van der Waals surface area contributed by atoms with Crippen molar-refractivity contribution in [3.63, 3.8) is 0 Å². The molecule has 7 heteroatoms. The summed E-state index contributed by atoms with van der Waals surface area (Å²) in [5, 5.41) is 5.75. The van der Waals surface area contributed by atoms with Crippen molar-refractivity contribution < 1.29 is 0 Å². The molecule has 0 saturated carbocycles.